The Hall–Kier alpha value is -0.830. The maximum Gasteiger partial charge on any atom is 0.333 e. The Kier molecular flexibility index (Phi) is 9.76. The zero-order chi connectivity index (χ0) is 23.0. The summed E-state index contributed by atoms with van der Waals surface area (Å²) in [6.45, 7) is 5.45. The van der Waals surface area contributed by atoms with Crippen molar-refractivity contribution in [1.82, 2.24) is 4.90 Å². The quantitative estimate of drug-likeness (QED) is 0.273. The standard InChI is InChI=1S/C30H51NO2/c1-23(2)30(32)33-29-21-17-25(18-22-29)14-13-24-15-19-28(20-16-24)31(26-9-5-3-6-10-26)27-11-7-4-8-12-27/h24-29H,1,3-22H2,2H3. The van der Waals surface area contributed by atoms with Crippen LogP contribution in [0.5, 0.6) is 0 Å². The van der Waals surface area contributed by atoms with E-state index in [0.29, 0.717) is 5.57 Å². The summed E-state index contributed by atoms with van der Waals surface area (Å²) in [5.74, 6) is 1.61. The van der Waals surface area contributed by atoms with Crippen LogP contribution in [-0.4, -0.2) is 35.1 Å². The van der Waals surface area contributed by atoms with E-state index in [4.69, 9.17) is 4.74 Å². The van der Waals surface area contributed by atoms with Gasteiger partial charge in [0.25, 0.3) is 0 Å². The Morgan fingerprint density at radius 2 is 1.09 bits per heavy atom. The lowest BCUT2D eigenvalue weighted by molar-refractivity contribution is -0.146. The normalized spacial score (nSPS) is 32.5. The summed E-state index contributed by atoms with van der Waals surface area (Å²) in [5.41, 5.74) is 0.526. The van der Waals surface area contributed by atoms with Crippen LogP contribution in [0.2, 0.25) is 0 Å². The first-order valence-electron chi connectivity index (χ1n) is 14.7. The minimum atomic E-state index is -0.203. The molecule has 0 spiro atoms. The highest BCUT2D eigenvalue weighted by Gasteiger charge is 2.36. The molecule has 0 aromatic heterocycles. The van der Waals surface area contributed by atoms with Gasteiger partial charge in [0.05, 0.1) is 0 Å². The van der Waals surface area contributed by atoms with Gasteiger partial charge in [-0.1, -0.05) is 57.9 Å². The van der Waals surface area contributed by atoms with E-state index in [1.54, 1.807) is 6.92 Å². The van der Waals surface area contributed by atoms with Crippen LogP contribution >= 0.6 is 0 Å². The largest absolute Gasteiger partial charge is 0.459 e. The highest BCUT2D eigenvalue weighted by Crippen LogP contribution is 2.39. The van der Waals surface area contributed by atoms with Crippen molar-refractivity contribution in [1.29, 1.82) is 0 Å². The molecule has 33 heavy (non-hydrogen) atoms. The Balaban J connectivity index is 1.19. The zero-order valence-corrected chi connectivity index (χ0v) is 21.6. The van der Waals surface area contributed by atoms with Crippen molar-refractivity contribution in [2.45, 2.75) is 160 Å². The van der Waals surface area contributed by atoms with Crippen LogP contribution in [0.3, 0.4) is 0 Å². The van der Waals surface area contributed by atoms with Gasteiger partial charge in [-0.05, 0) is 95.8 Å². The maximum atomic E-state index is 11.8. The van der Waals surface area contributed by atoms with Crippen molar-refractivity contribution < 1.29 is 9.53 Å². The topological polar surface area (TPSA) is 29.5 Å². The third kappa shape index (κ3) is 7.33. The first-order chi connectivity index (χ1) is 16.1. The van der Waals surface area contributed by atoms with E-state index in [2.05, 4.69) is 11.5 Å². The molecule has 188 valence electrons. The molecule has 0 atom stereocenters. The second-order valence-corrected chi connectivity index (χ2v) is 12.1. The highest BCUT2D eigenvalue weighted by molar-refractivity contribution is 5.87. The number of hydrogen-bond donors (Lipinski definition) is 0. The molecular weight excluding hydrogens is 406 g/mol. The van der Waals surface area contributed by atoms with Crippen LogP contribution in [0.15, 0.2) is 12.2 Å². The smallest absolute Gasteiger partial charge is 0.333 e. The number of rotatable bonds is 8. The third-order valence-corrected chi connectivity index (χ3v) is 9.63. The molecule has 0 bridgehead atoms. The summed E-state index contributed by atoms with van der Waals surface area (Å²) >= 11 is 0. The fourth-order valence-corrected chi connectivity index (χ4v) is 7.65. The summed E-state index contributed by atoms with van der Waals surface area (Å²) in [6.07, 6.45) is 28.1. The average Bonchev–Trinajstić information content (AvgIpc) is 2.86. The van der Waals surface area contributed by atoms with Crippen LogP contribution < -0.4 is 0 Å². The van der Waals surface area contributed by atoms with Gasteiger partial charge in [-0.3, -0.25) is 4.90 Å². The SMILES string of the molecule is C=C(C)C(=O)OC1CCC(CCC2CCC(N(C3CCCCC3)C3CCCCC3)CC2)CC1. The summed E-state index contributed by atoms with van der Waals surface area (Å²) in [4.78, 5) is 14.9. The summed E-state index contributed by atoms with van der Waals surface area (Å²) in [5, 5.41) is 0. The second-order valence-electron chi connectivity index (χ2n) is 12.1. The first-order valence-corrected chi connectivity index (χ1v) is 14.7. The van der Waals surface area contributed by atoms with Gasteiger partial charge in [0.1, 0.15) is 6.10 Å². The highest BCUT2D eigenvalue weighted by atomic mass is 16.5. The van der Waals surface area contributed by atoms with Crippen LogP contribution in [0, 0.1) is 11.8 Å². The minimum absolute atomic E-state index is 0.131. The predicted molar refractivity (Wildman–Crippen MR) is 137 cm³/mol. The Bertz CT molecular complexity index is 585. The molecule has 0 aromatic rings. The molecule has 3 nitrogen and oxygen atoms in total. The van der Waals surface area contributed by atoms with Gasteiger partial charge >= 0.3 is 5.97 Å². The van der Waals surface area contributed by atoms with Crippen LogP contribution in [0.4, 0.5) is 0 Å². The fourth-order valence-electron chi connectivity index (χ4n) is 7.65. The molecule has 0 radical (unpaired) electrons. The third-order valence-electron chi connectivity index (χ3n) is 9.63. The molecule has 0 unspecified atom stereocenters. The Labute approximate surface area is 204 Å². The molecular formula is C30H51NO2. The van der Waals surface area contributed by atoms with E-state index in [9.17, 15) is 4.79 Å². The number of hydrogen-bond acceptors (Lipinski definition) is 3. The number of esters is 1. The minimum Gasteiger partial charge on any atom is -0.459 e. The molecule has 4 rings (SSSR count). The number of nitrogens with zero attached hydrogens (tertiary/aromatic N) is 1. The monoisotopic (exact) mass is 457 g/mol. The van der Waals surface area contributed by atoms with Gasteiger partial charge in [0, 0.05) is 23.7 Å². The molecule has 4 fully saturated rings. The fraction of sp³-hybridized carbons (Fsp3) is 0.900. The molecule has 4 aliphatic rings. The van der Waals surface area contributed by atoms with E-state index in [1.165, 1.54) is 116 Å². The lowest BCUT2D eigenvalue weighted by Gasteiger charge is -2.48. The maximum absolute atomic E-state index is 11.8. The van der Waals surface area contributed by atoms with Crippen LogP contribution in [0.1, 0.15) is 135 Å². The molecule has 0 saturated heterocycles. The van der Waals surface area contributed by atoms with Gasteiger partial charge in [0.15, 0.2) is 0 Å². The van der Waals surface area contributed by atoms with Crippen molar-refractivity contribution >= 4 is 5.97 Å². The zero-order valence-electron chi connectivity index (χ0n) is 21.6. The van der Waals surface area contributed by atoms with E-state index in [1.807, 2.05) is 0 Å². The van der Waals surface area contributed by atoms with Crippen LogP contribution in [-0.2, 0) is 9.53 Å². The van der Waals surface area contributed by atoms with Crippen molar-refractivity contribution in [3.8, 4) is 0 Å². The summed E-state index contributed by atoms with van der Waals surface area (Å²) < 4.78 is 5.59. The Morgan fingerprint density at radius 3 is 1.55 bits per heavy atom. The van der Waals surface area contributed by atoms with Gasteiger partial charge in [-0.15, -0.1) is 0 Å². The Morgan fingerprint density at radius 1 is 0.667 bits per heavy atom. The second kappa shape index (κ2) is 12.8. The van der Waals surface area contributed by atoms with Crippen molar-refractivity contribution in [2.24, 2.45) is 11.8 Å². The van der Waals surface area contributed by atoms with Gasteiger partial charge in [-0.2, -0.15) is 0 Å². The molecule has 3 heteroatoms. The number of carbonyl (C=O) groups is 1. The molecule has 0 aromatic carbocycles. The van der Waals surface area contributed by atoms with E-state index < -0.39 is 0 Å². The van der Waals surface area contributed by atoms with Crippen LogP contribution in [0.25, 0.3) is 0 Å². The number of ether oxygens (including phenoxy) is 1. The summed E-state index contributed by atoms with van der Waals surface area (Å²) in [7, 11) is 0. The predicted octanol–water partition coefficient (Wildman–Crippen LogP) is 7.97. The molecule has 0 aliphatic heterocycles. The lowest BCUT2D eigenvalue weighted by atomic mass is 9.77. The molecule has 0 heterocycles. The van der Waals surface area contributed by atoms with Gasteiger partial charge < -0.3 is 4.74 Å². The molecule has 4 aliphatic carbocycles. The first kappa shape index (κ1) is 25.3. The van der Waals surface area contributed by atoms with Crippen molar-refractivity contribution in [3.63, 3.8) is 0 Å². The van der Waals surface area contributed by atoms with Gasteiger partial charge in [0.2, 0.25) is 0 Å². The van der Waals surface area contributed by atoms with E-state index >= 15 is 0 Å². The molecule has 4 saturated carbocycles. The summed E-state index contributed by atoms with van der Waals surface area (Å²) in [6, 6.07) is 2.68. The van der Waals surface area contributed by atoms with Crippen molar-refractivity contribution in [2.75, 3.05) is 0 Å². The van der Waals surface area contributed by atoms with E-state index in [-0.39, 0.29) is 12.1 Å². The molecule has 0 N–H and O–H groups in total. The molecule has 0 amide bonds. The van der Waals surface area contributed by atoms with E-state index in [0.717, 1.165) is 42.8 Å². The van der Waals surface area contributed by atoms with Crippen molar-refractivity contribution in [3.05, 3.63) is 12.2 Å². The number of carbonyl (C=O) groups excluding carboxylic acids is 1. The van der Waals surface area contributed by atoms with Gasteiger partial charge in [-0.25, -0.2) is 4.79 Å². The average molecular weight is 458 g/mol. The lowest BCUT2D eigenvalue weighted by Crippen LogP contribution is -2.52.